The lowest BCUT2D eigenvalue weighted by Crippen LogP contribution is -2.25. The predicted molar refractivity (Wildman–Crippen MR) is 85.8 cm³/mol. The van der Waals surface area contributed by atoms with E-state index in [1.807, 2.05) is 4.90 Å². The molecule has 0 bridgehead atoms. The first-order chi connectivity index (χ1) is 10.9. The van der Waals surface area contributed by atoms with Gasteiger partial charge in [-0.25, -0.2) is 18.5 Å². The van der Waals surface area contributed by atoms with Crippen LogP contribution in [0.25, 0.3) is 0 Å². The van der Waals surface area contributed by atoms with Gasteiger partial charge in [0.25, 0.3) is 5.69 Å². The molecule has 0 radical (unpaired) electrons. The Balaban J connectivity index is 1.92. The van der Waals surface area contributed by atoms with Gasteiger partial charge in [0.15, 0.2) is 9.34 Å². The number of nitrogens with zero attached hydrogens (tertiary/aromatic N) is 3. The van der Waals surface area contributed by atoms with Crippen LogP contribution in [0.4, 0.5) is 10.8 Å². The maximum atomic E-state index is 11.4. The van der Waals surface area contributed by atoms with Crippen molar-refractivity contribution in [2.75, 3.05) is 4.90 Å². The van der Waals surface area contributed by atoms with Crippen molar-refractivity contribution < 1.29 is 13.3 Å². The van der Waals surface area contributed by atoms with Gasteiger partial charge in [-0.3, -0.25) is 10.1 Å². The monoisotopic (exact) mass is 354 g/mol. The van der Waals surface area contributed by atoms with E-state index < -0.39 is 14.9 Å². The maximum absolute atomic E-state index is 11.4. The number of primary sulfonamides is 1. The van der Waals surface area contributed by atoms with Gasteiger partial charge in [-0.05, 0) is 12.8 Å². The van der Waals surface area contributed by atoms with Gasteiger partial charge in [0.2, 0.25) is 10.0 Å². The molecule has 0 saturated heterocycles. The highest BCUT2D eigenvalue weighted by Crippen LogP contribution is 2.37. The molecule has 1 aromatic carbocycles. The molecule has 0 spiro atoms. The lowest BCUT2D eigenvalue weighted by atomic mass is 10.1. The number of nitro groups is 1. The summed E-state index contributed by atoms with van der Waals surface area (Å²) in [6, 6.07) is 6.73. The van der Waals surface area contributed by atoms with Crippen molar-refractivity contribution in [2.45, 2.75) is 29.6 Å². The highest BCUT2D eigenvalue weighted by molar-refractivity contribution is 7.91. The zero-order valence-electron chi connectivity index (χ0n) is 12.0. The summed E-state index contributed by atoms with van der Waals surface area (Å²) in [5.41, 5.74) is 0.609. The Morgan fingerprint density at radius 1 is 1.39 bits per heavy atom. The quantitative estimate of drug-likeness (QED) is 0.624. The normalized spacial score (nSPS) is 14.7. The first-order valence-electron chi connectivity index (χ1n) is 6.84. The molecular weight excluding hydrogens is 340 g/mol. The molecule has 0 aliphatic heterocycles. The molecule has 23 heavy (non-hydrogen) atoms. The van der Waals surface area contributed by atoms with E-state index in [1.165, 1.54) is 12.3 Å². The van der Waals surface area contributed by atoms with Crippen LogP contribution < -0.4 is 10.0 Å². The molecule has 10 heteroatoms. The average Bonchev–Trinajstić information content (AvgIpc) is 3.19. The first-order valence-corrected chi connectivity index (χ1v) is 9.20. The predicted octanol–water partition coefficient (Wildman–Crippen LogP) is 1.87. The van der Waals surface area contributed by atoms with Crippen molar-refractivity contribution in [3.8, 4) is 0 Å². The lowest BCUT2D eigenvalue weighted by molar-refractivity contribution is -0.385. The van der Waals surface area contributed by atoms with Gasteiger partial charge in [0.05, 0.1) is 17.7 Å². The Kier molecular flexibility index (Phi) is 4.04. The number of sulfonamides is 1. The van der Waals surface area contributed by atoms with Gasteiger partial charge in [-0.15, -0.1) is 0 Å². The van der Waals surface area contributed by atoms with Gasteiger partial charge < -0.3 is 4.90 Å². The van der Waals surface area contributed by atoms with Crippen molar-refractivity contribution in [1.82, 2.24) is 4.98 Å². The second kappa shape index (κ2) is 5.87. The Hall–Kier alpha value is -2.04. The van der Waals surface area contributed by atoms with E-state index in [0.717, 1.165) is 24.2 Å². The van der Waals surface area contributed by atoms with Crippen LogP contribution in [0, 0.1) is 10.1 Å². The molecule has 122 valence electrons. The fourth-order valence-electron chi connectivity index (χ4n) is 2.26. The summed E-state index contributed by atoms with van der Waals surface area (Å²) >= 11 is 0.982. The van der Waals surface area contributed by atoms with Crippen LogP contribution in [-0.2, 0) is 16.6 Å². The van der Waals surface area contributed by atoms with Gasteiger partial charge in [-0.2, -0.15) is 0 Å². The number of para-hydroxylation sites is 1. The molecule has 1 heterocycles. The molecule has 1 aromatic heterocycles. The molecule has 1 aliphatic carbocycles. The van der Waals surface area contributed by atoms with E-state index in [9.17, 15) is 18.5 Å². The maximum Gasteiger partial charge on any atom is 0.274 e. The summed E-state index contributed by atoms with van der Waals surface area (Å²) in [6.07, 6.45) is 3.12. The number of nitrogens with two attached hydrogens (primary N) is 1. The summed E-state index contributed by atoms with van der Waals surface area (Å²) in [6.45, 7) is 0.305. The SMILES string of the molecule is NS(=O)(=O)c1cnc(N(Cc2ccccc2[N+](=O)[O-])C2CC2)s1. The molecule has 1 saturated carbocycles. The second-order valence-corrected chi connectivity index (χ2v) is 8.05. The molecule has 1 fully saturated rings. The van der Waals surface area contributed by atoms with Crippen molar-refractivity contribution >= 4 is 32.2 Å². The minimum atomic E-state index is -3.79. The van der Waals surface area contributed by atoms with Crippen LogP contribution in [0.15, 0.2) is 34.7 Å². The number of nitro benzene ring substituents is 1. The Labute approximate surface area is 136 Å². The number of aromatic nitrogens is 1. The molecule has 0 atom stereocenters. The van der Waals surface area contributed by atoms with Crippen molar-refractivity contribution in [3.05, 3.63) is 46.1 Å². The molecule has 8 nitrogen and oxygen atoms in total. The third kappa shape index (κ3) is 3.49. The van der Waals surface area contributed by atoms with Gasteiger partial charge in [0.1, 0.15) is 0 Å². The second-order valence-electron chi connectivity index (χ2n) is 5.25. The number of rotatable bonds is 6. The summed E-state index contributed by atoms with van der Waals surface area (Å²) in [4.78, 5) is 16.8. The lowest BCUT2D eigenvalue weighted by Gasteiger charge is -2.21. The molecule has 2 N–H and O–H groups in total. The van der Waals surface area contributed by atoms with E-state index >= 15 is 0 Å². The minimum absolute atomic E-state index is 0.0132. The zero-order chi connectivity index (χ0) is 16.6. The van der Waals surface area contributed by atoms with Crippen molar-refractivity contribution in [1.29, 1.82) is 0 Å². The molecule has 0 amide bonds. The van der Waals surface area contributed by atoms with E-state index in [1.54, 1.807) is 18.2 Å². The van der Waals surface area contributed by atoms with Gasteiger partial charge in [-0.1, -0.05) is 29.5 Å². The minimum Gasteiger partial charge on any atom is -0.340 e. The molecule has 2 aromatic rings. The van der Waals surface area contributed by atoms with E-state index in [4.69, 9.17) is 5.14 Å². The van der Waals surface area contributed by atoms with E-state index in [-0.39, 0.29) is 15.9 Å². The number of hydrogen-bond acceptors (Lipinski definition) is 7. The Morgan fingerprint density at radius 2 is 2.09 bits per heavy atom. The van der Waals surface area contributed by atoms with Gasteiger partial charge >= 0.3 is 0 Å². The number of thiazole rings is 1. The molecule has 3 rings (SSSR count). The largest absolute Gasteiger partial charge is 0.340 e. The van der Waals surface area contributed by atoms with Crippen LogP contribution in [0.3, 0.4) is 0 Å². The zero-order valence-corrected chi connectivity index (χ0v) is 13.6. The van der Waals surface area contributed by atoms with Crippen LogP contribution >= 0.6 is 11.3 Å². The smallest absolute Gasteiger partial charge is 0.274 e. The molecule has 1 aliphatic rings. The number of benzene rings is 1. The fourth-order valence-corrected chi connectivity index (χ4v) is 3.87. The fraction of sp³-hybridized carbons (Fsp3) is 0.308. The van der Waals surface area contributed by atoms with Crippen molar-refractivity contribution in [2.24, 2.45) is 5.14 Å². The van der Waals surface area contributed by atoms with Crippen LogP contribution in [0.5, 0.6) is 0 Å². The van der Waals surface area contributed by atoms with Crippen LogP contribution in [0.2, 0.25) is 0 Å². The van der Waals surface area contributed by atoms with Gasteiger partial charge in [0, 0.05) is 17.7 Å². The average molecular weight is 354 g/mol. The summed E-state index contributed by atoms with van der Waals surface area (Å²) < 4.78 is 22.8. The van der Waals surface area contributed by atoms with Crippen molar-refractivity contribution in [3.63, 3.8) is 0 Å². The van der Waals surface area contributed by atoms with E-state index in [2.05, 4.69) is 4.98 Å². The summed E-state index contributed by atoms with van der Waals surface area (Å²) in [7, 11) is -3.79. The van der Waals surface area contributed by atoms with E-state index in [0.29, 0.717) is 17.2 Å². The highest BCUT2D eigenvalue weighted by Gasteiger charge is 2.33. The molecule has 0 unspecified atom stereocenters. The third-order valence-electron chi connectivity index (χ3n) is 3.52. The number of hydrogen-bond donors (Lipinski definition) is 1. The topological polar surface area (TPSA) is 119 Å². The van der Waals surface area contributed by atoms with Crippen LogP contribution in [-0.4, -0.2) is 24.4 Å². The number of anilines is 1. The van der Waals surface area contributed by atoms with Crippen LogP contribution in [0.1, 0.15) is 18.4 Å². The Bertz CT molecular complexity index is 845. The third-order valence-corrected chi connectivity index (χ3v) is 5.96. The summed E-state index contributed by atoms with van der Waals surface area (Å²) in [5, 5.41) is 16.8. The standard InChI is InChI=1S/C13H14N4O4S2/c14-23(20,21)12-7-15-13(22-12)16(10-5-6-10)8-9-3-1-2-4-11(9)17(18)19/h1-4,7,10H,5-6,8H2,(H2,14,20,21). The molecular formula is C13H14N4O4S2. The highest BCUT2D eigenvalue weighted by atomic mass is 32.2. The Morgan fingerprint density at radius 3 is 2.65 bits per heavy atom. The summed E-state index contributed by atoms with van der Waals surface area (Å²) in [5.74, 6) is 0. The first kappa shape index (κ1) is 15.8.